The van der Waals surface area contributed by atoms with Crippen molar-refractivity contribution in [3.63, 3.8) is 0 Å². The molecule has 2 amide bonds. The number of rotatable bonds is 7. The van der Waals surface area contributed by atoms with Crippen molar-refractivity contribution in [2.45, 2.75) is 4.90 Å². The zero-order valence-corrected chi connectivity index (χ0v) is 17.1. The number of hydrogen-bond donors (Lipinski definition) is 3. The normalized spacial score (nSPS) is 10.8. The number of anilines is 2. The highest BCUT2D eigenvalue weighted by molar-refractivity contribution is 7.89. The van der Waals surface area contributed by atoms with Crippen molar-refractivity contribution in [2.75, 3.05) is 17.2 Å². The van der Waals surface area contributed by atoms with Crippen LogP contribution in [0.25, 0.3) is 0 Å². The number of aromatic nitrogens is 1. The Labute approximate surface area is 177 Å². The van der Waals surface area contributed by atoms with Crippen LogP contribution in [-0.4, -0.2) is 31.8 Å². The molecule has 0 spiro atoms. The molecular formula is C20H16N4O4S2. The van der Waals surface area contributed by atoms with Gasteiger partial charge in [0.05, 0.1) is 11.4 Å². The van der Waals surface area contributed by atoms with Crippen LogP contribution in [-0.2, 0) is 10.0 Å². The molecule has 0 saturated heterocycles. The number of nitrogens with zero attached hydrogens (tertiary/aromatic N) is 1. The van der Waals surface area contributed by atoms with Crippen LogP contribution in [0.5, 0.6) is 0 Å². The molecule has 1 aromatic heterocycles. The van der Waals surface area contributed by atoms with Crippen molar-refractivity contribution in [3.8, 4) is 12.3 Å². The highest BCUT2D eigenvalue weighted by atomic mass is 32.2. The molecule has 0 saturated carbocycles. The number of amides is 2. The van der Waals surface area contributed by atoms with Gasteiger partial charge in [0.1, 0.15) is 0 Å². The van der Waals surface area contributed by atoms with Crippen LogP contribution in [0, 0.1) is 12.3 Å². The van der Waals surface area contributed by atoms with Crippen LogP contribution >= 0.6 is 11.3 Å². The Morgan fingerprint density at radius 2 is 1.57 bits per heavy atom. The summed E-state index contributed by atoms with van der Waals surface area (Å²) >= 11 is 1.31. The molecule has 0 radical (unpaired) electrons. The van der Waals surface area contributed by atoms with Crippen LogP contribution in [0.3, 0.4) is 0 Å². The Hall–Kier alpha value is -3.52. The van der Waals surface area contributed by atoms with Crippen molar-refractivity contribution in [1.82, 2.24) is 9.71 Å². The Morgan fingerprint density at radius 3 is 2.13 bits per heavy atom. The number of sulfonamides is 1. The molecule has 0 aliphatic heterocycles. The third-order valence-electron chi connectivity index (χ3n) is 3.85. The van der Waals surface area contributed by atoms with Crippen molar-refractivity contribution >= 4 is 44.0 Å². The van der Waals surface area contributed by atoms with Gasteiger partial charge in [-0.05, 0) is 48.5 Å². The van der Waals surface area contributed by atoms with Crippen LogP contribution < -0.4 is 15.4 Å². The number of thiazole rings is 1. The monoisotopic (exact) mass is 440 g/mol. The van der Waals surface area contributed by atoms with Gasteiger partial charge in [0.25, 0.3) is 11.8 Å². The van der Waals surface area contributed by atoms with Crippen molar-refractivity contribution < 1.29 is 18.0 Å². The minimum atomic E-state index is -3.72. The van der Waals surface area contributed by atoms with Crippen LogP contribution in [0.2, 0.25) is 0 Å². The number of terminal acetylenes is 1. The summed E-state index contributed by atoms with van der Waals surface area (Å²) in [5.74, 6) is 1.46. The summed E-state index contributed by atoms with van der Waals surface area (Å²) in [4.78, 5) is 28.5. The second-order valence-electron chi connectivity index (χ2n) is 5.88. The van der Waals surface area contributed by atoms with E-state index in [9.17, 15) is 18.0 Å². The van der Waals surface area contributed by atoms with Crippen molar-refractivity contribution in [1.29, 1.82) is 0 Å². The average Bonchev–Trinajstić information content (AvgIpc) is 3.26. The molecule has 30 heavy (non-hydrogen) atoms. The van der Waals surface area contributed by atoms with Gasteiger partial charge in [0.2, 0.25) is 10.0 Å². The molecule has 3 aromatic rings. The highest BCUT2D eigenvalue weighted by Crippen LogP contribution is 2.16. The molecule has 3 rings (SSSR count). The van der Waals surface area contributed by atoms with E-state index in [-0.39, 0.29) is 22.9 Å². The standard InChI is InChI=1S/C20H16N4O4S2/c1-2-11-22-30(27,28)17-9-5-15(6-10-17)18(25)23-16-7-3-14(4-8-16)19(26)24-20-21-12-13-29-20/h1,3-10,12-13,22H,11H2,(H,23,25)(H,21,24,26). The lowest BCUT2D eigenvalue weighted by molar-refractivity contribution is 0.102. The number of carbonyl (C=O) groups excluding carboxylic acids is 2. The third kappa shape index (κ3) is 5.30. The SMILES string of the molecule is C#CCNS(=O)(=O)c1ccc(C(=O)Nc2ccc(C(=O)Nc3nccs3)cc2)cc1. The van der Waals surface area contributed by atoms with E-state index in [1.807, 2.05) is 0 Å². The zero-order valence-electron chi connectivity index (χ0n) is 15.5. The largest absolute Gasteiger partial charge is 0.322 e. The van der Waals surface area contributed by atoms with E-state index in [1.165, 1.54) is 35.6 Å². The Balaban J connectivity index is 1.63. The first kappa shape index (κ1) is 21.2. The van der Waals surface area contributed by atoms with Gasteiger partial charge in [0, 0.05) is 28.4 Å². The maximum Gasteiger partial charge on any atom is 0.257 e. The van der Waals surface area contributed by atoms with Crippen LogP contribution in [0.1, 0.15) is 20.7 Å². The third-order valence-corrected chi connectivity index (χ3v) is 5.95. The van der Waals surface area contributed by atoms with Crippen LogP contribution in [0.15, 0.2) is 65.0 Å². The fourth-order valence-corrected chi connectivity index (χ4v) is 3.83. The summed E-state index contributed by atoms with van der Waals surface area (Å²) in [6.45, 7) is -0.123. The first-order valence-corrected chi connectivity index (χ1v) is 10.9. The Morgan fingerprint density at radius 1 is 0.967 bits per heavy atom. The Kier molecular flexibility index (Phi) is 6.58. The number of nitrogens with one attached hydrogen (secondary N) is 3. The highest BCUT2D eigenvalue weighted by Gasteiger charge is 2.14. The average molecular weight is 441 g/mol. The van der Waals surface area contributed by atoms with E-state index >= 15 is 0 Å². The van der Waals surface area contributed by atoms with E-state index in [2.05, 4.69) is 26.3 Å². The molecule has 0 bridgehead atoms. The van der Waals surface area contributed by atoms with Crippen molar-refractivity contribution in [2.24, 2.45) is 0 Å². The molecule has 0 unspecified atom stereocenters. The van der Waals surface area contributed by atoms with E-state index in [0.29, 0.717) is 16.4 Å². The second kappa shape index (κ2) is 9.32. The Bertz CT molecular complexity index is 1180. The molecule has 0 aliphatic rings. The molecular weight excluding hydrogens is 424 g/mol. The summed E-state index contributed by atoms with van der Waals surface area (Å²) in [6.07, 6.45) is 6.64. The van der Waals surface area contributed by atoms with Gasteiger partial charge in [-0.25, -0.2) is 13.4 Å². The molecule has 0 fully saturated rings. The lowest BCUT2D eigenvalue weighted by Gasteiger charge is -2.08. The molecule has 0 atom stereocenters. The fourth-order valence-electron chi connectivity index (χ4n) is 2.37. The molecule has 1 heterocycles. The quantitative estimate of drug-likeness (QED) is 0.488. The van der Waals surface area contributed by atoms with Gasteiger partial charge in [0.15, 0.2) is 5.13 Å². The van der Waals surface area contributed by atoms with Gasteiger partial charge in [-0.15, -0.1) is 17.8 Å². The molecule has 10 heteroatoms. The van der Waals surface area contributed by atoms with E-state index in [0.717, 1.165) is 0 Å². The van der Waals surface area contributed by atoms with E-state index in [4.69, 9.17) is 6.42 Å². The predicted octanol–water partition coefficient (Wildman–Crippen LogP) is 2.56. The molecule has 0 aliphatic carbocycles. The lowest BCUT2D eigenvalue weighted by atomic mass is 10.1. The van der Waals surface area contributed by atoms with Gasteiger partial charge in [-0.2, -0.15) is 4.72 Å². The van der Waals surface area contributed by atoms with Gasteiger partial charge < -0.3 is 5.32 Å². The second-order valence-corrected chi connectivity index (χ2v) is 8.54. The smallest absolute Gasteiger partial charge is 0.257 e. The summed E-state index contributed by atoms with van der Waals surface area (Å²) in [5, 5.41) is 7.61. The van der Waals surface area contributed by atoms with E-state index < -0.39 is 15.9 Å². The van der Waals surface area contributed by atoms with Crippen molar-refractivity contribution in [3.05, 3.63) is 71.2 Å². The maximum absolute atomic E-state index is 12.4. The molecule has 3 N–H and O–H groups in total. The maximum atomic E-state index is 12.4. The minimum Gasteiger partial charge on any atom is -0.322 e. The lowest BCUT2D eigenvalue weighted by Crippen LogP contribution is -2.24. The fraction of sp³-hybridized carbons (Fsp3) is 0.0500. The molecule has 152 valence electrons. The summed E-state index contributed by atoms with van der Waals surface area (Å²) < 4.78 is 26.3. The van der Waals surface area contributed by atoms with E-state index in [1.54, 1.807) is 35.8 Å². The first-order chi connectivity index (χ1) is 14.4. The van der Waals surface area contributed by atoms with Gasteiger partial charge in [-0.3, -0.25) is 14.9 Å². The predicted molar refractivity (Wildman–Crippen MR) is 115 cm³/mol. The first-order valence-electron chi connectivity index (χ1n) is 8.54. The molecule has 2 aromatic carbocycles. The van der Waals surface area contributed by atoms with Gasteiger partial charge in [-0.1, -0.05) is 5.92 Å². The number of carbonyl (C=O) groups is 2. The number of benzene rings is 2. The molecule has 8 nitrogen and oxygen atoms in total. The zero-order chi connectivity index (χ0) is 21.6. The van der Waals surface area contributed by atoms with Crippen LogP contribution in [0.4, 0.5) is 10.8 Å². The topological polar surface area (TPSA) is 117 Å². The summed E-state index contributed by atoms with van der Waals surface area (Å²) in [6, 6.07) is 11.8. The minimum absolute atomic E-state index is 0.00453. The summed E-state index contributed by atoms with van der Waals surface area (Å²) in [7, 11) is -3.72. The number of hydrogen-bond acceptors (Lipinski definition) is 6. The summed E-state index contributed by atoms with van der Waals surface area (Å²) in [5.41, 5.74) is 1.17. The van der Waals surface area contributed by atoms with Gasteiger partial charge >= 0.3 is 0 Å².